The third-order valence-electron chi connectivity index (χ3n) is 3.82. The van der Waals surface area contributed by atoms with E-state index in [1.807, 2.05) is 0 Å². The molecule has 1 aliphatic heterocycles. The Balaban J connectivity index is 1.49. The predicted octanol–water partition coefficient (Wildman–Crippen LogP) is 1.45. The number of anilines is 1. The molecule has 0 radical (unpaired) electrons. The van der Waals surface area contributed by atoms with Crippen LogP contribution in [-0.4, -0.2) is 40.7 Å². The minimum absolute atomic E-state index is 0.385. The normalized spacial score (nSPS) is 24.5. The van der Waals surface area contributed by atoms with Gasteiger partial charge >= 0.3 is 0 Å². The topological polar surface area (TPSA) is 64.3 Å². The minimum Gasteiger partial charge on any atom is -0.384 e. The maximum Gasteiger partial charge on any atom is 0.144 e. The number of hydrogen-bond donors (Lipinski definition) is 1. The Bertz CT molecular complexity index is 422. The molecule has 2 N–H and O–H groups in total. The molecule has 2 aliphatic rings. The van der Waals surface area contributed by atoms with Gasteiger partial charge in [-0.15, -0.1) is 0 Å². The Morgan fingerprint density at radius 1 is 1.37 bits per heavy atom. The molecule has 104 valence electrons. The molecule has 2 fully saturated rings. The fourth-order valence-electron chi connectivity index (χ4n) is 2.54. The Morgan fingerprint density at radius 3 is 3.05 bits per heavy atom. The molecule has 1 aliphatic carbocycles. The van der Waals surface area contributed by atoms with Gasteiger partial charge in [-0.05, 0) is 44.2 Å². The fourth-order valence-corrected chi connectivity index (χ4v) is 2.54. The van der Waals surface area contributed by atoms with Crippen molar-refractivity contribution in [1.29, 1.82) is 0 Å². The van der Waals surface area contributed by atoms with Crippen molar-refractivity contribution >= 4 is 5.82 Å². The van der Waals surface area contributed by atoms with E-state index in [4.69, 9.17) is 10.5 Å². The van der Waals surface area contributed by atoms with Crippen molar-refractivity contribution in [3.63, 3.8) is 0 Å². The van der Waals surface area contributed by atoms with Crippen LogP contribution < -0.4 is 5.73 Å². The van der Waals surface area contributed by atoms with Crippen molar-refractivity contribution < 1.29 is 4.74 Å². The van der Waals surface area contributed by atoms with Crippen molar-refractivity contribution in [1.82, 2.24) is 14.9 Å². The fraction of sp³-hybridized carbons (Fsp3) is 0.714. The van der Waals surface area contributed by atoms with E-state index in [-0.39, 0.29) is 0 Å². The molecule has 0 spiro atoms. The second kappa shape index (κ2) is 5.84. The summed E-state index contributed by atoms with van der Waals surface area (Å²) in [6.45, 7) is 3.81. The van der Waals surface area contributed by atoms with E-state index in [0.29, 0.717) is 11.9 Å². The highest BCUT2D eigenvalue weighted by atomic mass is 16.5. The van der Waals surface area contributed by atoms with Crippen LogP contribution >= 0.6 is 0 Å². The van der Waals surface area contributed by atoms with E-state index in [0.717, 1.165) is 38.0 Å². The number of nitrogens with zero attached hydrogens (tertiary/aromatic N) is 3. The van der Waals surface area contributed by atoms with Gasteiger partial charge in [0, 0.05) is 19.3 Å². The zero-order chi connectivity index (χ0) is 13.1. The summed E-state index contributed by atoms with van der Waals surface area (Å²) in [6.07, 6.45) is 7.19. The van der Waals surface area contributed by atoms with Crippen LogP contribution in [0.15, 0.2) is 12.3 Å². The summed E-state index contributed by atoms with van der Waals surface area (Å²) in [5.41, 5.74) is 5.68. The number of hydrogen-bond acceptors (Lipinski definition) is 5. The van der Waals surface area contributed by atoms with Gasteiger partial charge in [0.1, 0.15) is 11.6 Å². The van der Waals surface area contributed by atoms with Gasteiger partial charge in [-0.25, -0.2) is 9.97 Å². The van der Waals surface area contributed by atoms with Crippen molar-refractivity contribution in [2.75, 3.05) is 25.4 Å². The number of aromatic nitrogens is 2. The molecule has 1 saturated carbocycles. The summed E-state index contributed by atoms with van der Waals surface area (Å²) in [7, 11) is 0. The van der Waals surface area contributed by atoms with Crippen LogP contribution in [0.4, 0.5) is 5.82 Å². The van der Waals surface area contributed by atoms with Crippen LogP contribution in [0.5, 0.6) is 0 Å². The standard InChI is InChI=1S/C14H22N4O/c15-13-5-6-16-14(17-13)9-18-7-1-2-12(8-18)19-10-11-3-4-11/h5-6,11-12H,1-4,7-10H2,(H2,15,16,17). The van der Waals surface area contributed by atoms with Crippen LogP contribution in [0.25, 0.3) is 0 Å². The summed E-state index contributed by atoms with van der Waals surface area (Å²) in [5, 5.41) is 0. The van der Waals surface area contributed by atoms with Crippen molar-refractivity contribution in [3.05, 3.63) is 18.1 Å². The van der Waals surface area contributed by atoms with Gasteiger partial charge in [-0.3, -0.25) is 4.90 Å². The van der Waals surface area contributed by atoms with E-state index >= 15 is 0 Å². The van der Waals surface area contributed by atoms with Crippen LogP contribution in [0, 0.1) is 5.92 Å². The smallest absolute Gasteiger partial charge is 0.144 e. The molecular formula is C14H22N4O. The average molecular weight is 262 g/mol. The number of nitrogens with two attached hydrogens (primary N) is 1. The Hall–Kier alpha value is -1.20. The summed E-state index contributed by atoms with van der Waals surface area (Å²) < 4.78 is 5.99. The Labute approximate surface area is 114 Å². The van der Waals surface area contributed by atoms with E-state index in [9.17, 15) is 0 Å². The first kappa shape index (κ1) is 12.8. The van der Waals surface area contributed by atoms with Crippen LogP contribution in [-0.2, 0) is 11.3 Å². The second-order valence-corrected chi connectivity index (χ2v) is 5.67. The summed E-state index contributed by atoms with van der Waals surface area (Å²) >= 11 is 0. The number of rotatable bonds is 5. The minimum atomic E-state index is 0.385. The molecule has 1 atom stereocenters. The van der Waals surface area contributed by atoms with Crippen molar-refractivity contribution in [2.45, 2.75) is 38.3 Å². The molecule has 0 bridgehead atoms. The molecule has 2 heterocycles. The zero-order valence-corrected chi connectivity index (χ0v) is 11.3. The summed E-state index contributed by atoms with van der Waals surface area (Å²) in [6, 6.07) is 1.72. The zero-order valence-electron chi connectivity index (χ0n) is 11.3. The first-order chi connectivity index (χ1) is 9.29. The molecule has 19 heavy (non-hydrogen) atoms. The molecular weight excluding hydrogens is 240 g/mol. The van der Waals surface area contributed by atoms with Crippen LogP contribution in [0.1, 0.15) is 31.5 Å². The largest absolute Gasteiger partial charge is 0.384 e. The third kappa shape index (κ3) is 3.88. The average Bonchev–Trinajstić information content (AvgIpc) is 3.21. The monoisotopic (exact) mass is 262 g/mol. The maximum atomic E-state index is 5.99. The highest BCUT2D eigenvalue weighted by Gasteiger charge is 2.26. The predicted molar refractivity (Wildman–Crippen MR) is 73.4 cm³/mol. The van der Waals surface area contributed by atoms with Gasteiger partial charge in [-0.2, -0.15) is 0 Å². The first-order valence-electron chi connectivity index (χ1n) is 7.21. The van der Waals surface area contributed by atoms with Gasteiger partial charge < -0.3 is 10.5 Å². The highest BCUT2D eigenvalue weighted by Crippen LogP contribution is 2.30. The number of ether oxygens (including phenoxy) is 1. The lowest BCUT2D eigenvalue weighted by Gasteiger charge is -2.32. The van der Waals surface area contributed by atoms with Gasteiger partial charge in [0.15, 0.2) is 0 Å². The maximum absolute atomic E-state index is 5.99. The molecule has 5 heteroatoms. The molecule has 0 amide bonds. The van der Waals surface area contributed by atoms with Crippen molar-refractivity contribution in [2.24, 2.45) is 5.92 Å². The van der Waals surface area contributed by atoms with E-state index < -0.39 is 0 Å². The Morgan fingerprint density at radius 2 is 2.26 bits per heavy atom. The van der Waals surface area contributed by atoms with E-state index in [2.05, 4.69) is 14.9 Å². The van der Waals surface area contributed by atoms with E-state index in [1.54, 1.807) is 12.3 Å². The third-order valence-corrected chi connectivity index (χ3v) is 3.82. The Kier molecular flexibility index (Phi) is 3.94. The quantitative estimate of drug-likeness (QED) is 0.870. The molecule has 3 rings (SSSR count). The first-order valence-corrected chi connectivity index (χ1v) is 7.21. The SMILES string of the molecule is Nc1ccnc(CN2CCCC(OCC3CC3)C2)n1. The molecule has 0 aromatic carbocycles. The van der Waals surface area contributed by atoms with Crippen molar-refractivity contribution in [3.8, 4) is 0 Å². The lowest BCUT2D eigenvalue weighted by Crippen LogP contribution is -2.39. The van der Waals surface area contributed by atoms with Gasteiger partial charge in [0.25, 0.3) is 0 Å². The summed E-state index contributed by atoms with van der Waals surface area (Å²) in [5.74, 6) is 2.19. The molecule has 1 aromatic heterocycles. The summed E-state index contributed by atoms with van der Waals surface area (Å²) in [4.78, 5) is 10.9. The molecule has 5 nitrogen and oxygen atoms in total. The van der Waals surface area contributed by atoms with Gasteiger partial charge in [0.2, 0.25) is 0 Å². The molecule has 1 unspecified atom stereocenters. The van der Waals surface area contributed by atoms with Gasteiger partial charge in [0.05, 0.1) is 12.6 Å². The number of nitrogen functional groups attached to an aromatic ring is 1. The number of piperidine rings is 1. The van der Waals surface area contributed by atoms with Gasteiger partial charge in [-0.1, -0.05) is 0 Å². The van der Waals surface area contributed by atoms with E-state index in [1.165, 1.54) is 25.7 Å². The molecule has 1 saturated heterocycles. The molecule has 1 aromatic rings. The highest BCUT2D eigenvalue weighted by molar-refractivity contribution is 5.24. The second-order valence-electron chi connectivity index (χ2n) is 5.67. The number of likely N-dealkylation sites (tertiary alicyclic amines) is 1. The van der Waals surface area contributed by atoms with Crippen LogP contribution in [0.2, 0.25) is 0 Å². The lowest BCUT2D eigenvalue weighted by atomic mass is 10.1. The van der Waals surface area contributed by atoms with Crippen LogP contribution in [0.3, 0.4) is 0 Å². The lowest BCUT2D eigenvalue weighted by molar-refractivity contribution is -0.00781.